The quantitative estimate of drug-likeness (QED) is 0.865. The zero-order valence-electron chi connectivity index (χ0n) is 10.1. The maximum absolute atomic E-state index is 3.44. The van der Waals surface area contributed by atoms with Crippen molar-refractivity contribution in [1.82, 2.24) is 0 Å². The average Bonchev–Trinajstić information content (AvgIpc) is 2.33. The van der Waals surface area contributed by atoms with Crippen molar-refractivity contribution in [3.8, 4) is 0 Å². The van der Waals surface area contributed by atoms with Crippen LogP contribution in [0.1, 0.15) is 16.7 Å². The van der Waals surface area contributed by atoms with Crippen LogP contribution in [-0.4, -0.2) is 0 Å². The Balaban J connectivity index is 2.02. The van der Waals surface area contributed by atoms with Gasteiger partial charge in [0.05, 0.1) is 0 Å². The highest BCUT2D eigenvalue weighted by Crippen LogP contribution is 2.16. The molecule has 0 aliphatic carbocycles. The van der Waals surface area contributed by atoms with Gasteiger partial charge in [-0.15, -0.1) is 0 Å². The first-order valence-electron chi connectivity index (χ1n) is 5.71. The molecule has 0 fully saturated rings. The SMILES string of the molecule is Cc1ccc(NCc2ccc(Br)cc2)cc1C. The van der Waals surface area contributed by atoms with Gasteiger partial charge in [-0.05, 0) is 54.8 Å². The summed E-state index contributed by atoms with van der Waals surface area (Å²) in [5.74, 6) is 0. The van der Waals surface area contributed by atoms with Crippen LogP contribution in [0, 0.1) is 13.8 Å². The molecule has 2 aromatic rings. The van der Waals surface area contributed by atoms with Crippen molar-refractivity contribution < 1.29 is 0 Å². The largest absolute Gasteiger partial charge is 0.381 e. The summed E-state index contributed by atoms with van der Waals surface area (Å²) in [5.41, 5.74) is 5.12. The first kappa shape index (κ1) is 12.2. The van der Waals surface area contributed by atoms with Gasteiger partial charge in [0.25, 0.3) is 0 Å². The Morgan fingerprint density at radius 1 is 0.941 bits per heavy atom. The molecule has 88 valence electrons. The van der Waals surface area contributed by atoms with Crippen molar-refractivity contribution >= 4 is 21.6 Å². The van der Waals surface area contributed by atoms with Crippen LogP contribution < -0.4 is 5.32 Å². The second kappa shape index (κ2) is 5.37. The number of benzene rings is 2. The van der Waals surface area contributed by atoms with Crippen LogP contribution in [0.25, 0.3) is 0 Å². The second-order valence-corrected chi connectivity index (χ2v) is 5.19. The zero-order chi connectivity index (χ0) is 12.3. The molecule has 0 heterocycles. The van der Waals surface area contributed by atoms with Crippen LogP contribution >= 0.6 is 15.9 Å². The van der Waals surface area contributed by atoms with E-state index in [9.17, 15) is 0 Å². The lowest BCUT2D eigenvalue weighted by Gasteiger charge is -2.08. The normalized spacial score (nSPS) is 10.3. The number of anilines is 1. The molecule has 0 aliphatic heterocycles. The predicted molar refractivity (Wildman–Crippen MR) is 77.4 cm³/mol. The maximum atomic E-state index is 3.44. The number of aryl methyl sites for hydroxylation is 2. The molecule has 17 heavy (non-hydrogen) atoms. The Labute approximate surface area is 111 Å². The van der Waals surface area contributed by atoms with Crippen LogP contribution in [0.3, 0.4) is 0 Å². The van der Waals surface area contributed by atoms with Gasteiger partial charge in [0.1, 0.15) is 0 Å². The Morgan fingerprint density at radius 3 is 2.29 bits per heavy atom. The van der Waals surface area contributed by atoms with E-state index in [1.165, 1.54) is 22.4 Å². The molecular weight excluding hydrogens is 274 g/mol. The number of hydrogen-bond acceptors (Lipinski definition) is 1. The highest BCUT2D eigenvalue weighted by Gasteiger charge is 1.97. The van der Waals surface area contributed by atoms with E-state index in [0.717, 1.165) is 11.0 Å². The highest BCUT2D eigenvalue weighted by atomic mass is 79.9. The predicted octanol–water partition coefficient (Wildman–Crippen LogP) is 4.68. The third-order valence-corrected chi connectivity index (χ3v) is 3.45. The van der Waals surface area contributed by atoms with E-state index < -0.39 is 0 Å². The summed E-state index contributed by atoms with van der Waals surface area (Å²) in [5, 5.41) is 3.43. The summed E-state index contributed by atoms with van der Waals surface area (Å²) in [6.45, 7) is 5.13. The van der Waals surface area contributed by atoms with E-state index in [-0.39, 0.29) is 0 Å². The number of nitrogens with one attached hydrogen (secondary N) is 1. The molecule has 0 saturated heterocycles. The van der Waals surface area contributed by atoms with Crippen molar-refractivity contribution in [2.45, 2.75) is 20.4 Å². The van der Waals surface area contributed by atoms with Crippen LogP contribution in [-0.2, 0) is 6.54 Å². The fraction of sp³-hybridized carbons (Fsp3) is 0.200. The smallest absolute Gasteiger partial charge is 0.0400 e. The van der Waals surface area contributed by atoms with Gasteiger partial charge in [0, 0.05) is 16.7 Å². The lowest BCUT2D eigenvalue weighted by molar-refractivity contribution is 1.14. The first-order valence-corrected chi connectivity index (χ1v) is 6.50. The van der Waals surface area contributed by atoms with Gasteiger partial charge in [-0.25, -0.2) is 0 Å². The summed E-state index contributed by atoms with van der Waals surface area (Å²) in [6, 6.07) is 14.8. The molecule has 0 amide bonds. The van der Waals surface area contributed by atoms with Gasteiger partial charge < -0.3 is 5.32 Å². The van der Waals surface area contributed by atoms with E-state index in [2.05, 4.69) is 77.6 Å². The monoisotopic (exact) mass is 289 g/mol. The van der Waals surface area contributed by atoms with Gasteiger partial charge in [-0.1, -0.05) is 34.1 Å². The Hall–Kier alpha value is -1.28. The van der Waals surface area contributed by atoms with E-state index in [4.69, 9.17) is 0 Å². The first-order chi connectivity index (χ1) is 8.15. The van der Waals surface area contributed by atoms with E-state index >= 15 is 0 Å². The van der Waals surface area contributed by atoms with Crippen molar-refractivity contribution in [1.29, 1.82) is 0 Å². The Bertz CT molecular complexity index is 503. The van der Waals surface area contributed by atoms with Gasteiger partial charge in [0.15, 0.2) is 0 Å². The van der Waals surface area contributed by atoms with Crippen molar-refractivity contribution in [2.24, 2.45) is 0 Å². The Morgan fingerprint density at radius 2 is 1.65 bits per heavy atom. The molecule has 0 bridgehead atoms. The molecule has 0 aliphatic rings. The topological polar surface area (TPSA) is 12.0 Å². The van der Waals surface area contributed by atoms with Gasteiger partial charge in [-0.2, -0.15) is 0 Å². The molecule has 0 unspecified atom stereocenters. The zero-order valence-corrected chi connectivity index (χ0v) is 11.7. The molecule has 1 nitrogen and oxygen atoms in total. The minimum Gasteiger partial charge on any atom is -0.381 e. The summed E-state index contributed by atoms with van der Waals surface area (Å²) in [4.78, 5) is 0. The summed E-state index contributed by atoms with van der Waals surface area (Å²) in [6.07, 6.45) is 0. The highest BCUT2D eigenvalue weighted by molar-refractivity contribution is 9.10. The molecule has 0 atom stereocenters. The molecule has 0 saturated carbocycles. The lowest BCUT2D eigenvalue weighted by Crippen LogP contribution is -1.99. The fourth-order valence-corrected chi connectivity index (χ4v) is 1.92. The minimum atomic E-state index is 0.857. The second-order valence-electron chi connectivity index (χ2n) is 4.28. The van der Waals surface area contributed by atoms with Gasteiger partial charge in [0.2, 0.25) is 0 Å². The molecule has 2 rings (SSSR count). The van der Waals surface area contributed by atoms with E-state index in [1.807, 2.05) is 0 Å². The van der Waals surface area contributed by atoms with Crippen LogP contribution in [0.4, 0.5) is 5.69 Å². The van der Waals surface area contributed by atoms with Crippen LogP contribution in [0.2, 0.25) is 0 Å². The number of hydrogen-bond donors (Lipinski definition) is 1. The van der Waals surface area contributed by atoms with Gasteiger partial charge >= 0.3 is 0 Å². The van der Waals surface area contributed by atoms with Crippen LogP contribution in [0.15, 0.2) is 46.9 Å². The minimum absolute atomic E-state index is 0.857. The van der Waals surface area contributed by atoms with Crippen molar-refractivity contribution in [3.63, 3.8) is 0 Å². The summed E-state index contributed by atoms with van der Waals surface area (Å²) in [7, 11) is 0. The van der Waals surface area contributed by atoms with Crippen LogP contribution in [0.5, 0.6) is 0 Å². The standard InChI is InChI=1S/C15H16BrN/c1-11-3-8-15(9-12(11)2)17-10-13-4-6-14(16)7-5-13/h3-9,17H,10H2,1-2H3. The Kier molecular flexibility index (Phi) is 3.85. The number of halogens is 1. The third-order valence-electron chi connectivity index (χ3n) is 2.92. The number of rotatable bonds is 3. The molecule has 2 heteroatoms. The molecule has 1 N–H and O–H groups in total. The van der Waals surface area contributed by atoms with Crippen molar-refractivity contribution in [3.05, 3.63) is 63.6 Å². The molecular formula is C15H16BrN. The lowest BCUT2D eigenvalue weighted by atomic mass is 10.1. The van der Waals surface area contributed by atoms with E-state index in [0.29, 0.717) is 0 Å². The van der Waals surface area contributed by atoms with Crippen molar-refractivity contribution in [2.75, 3.05) is 5.32 Å². The molecule has 0 aromatic heterocycles. The summed E-state index contributed by atoms with van der Waals surface area (Å²) >= 11 is 3.44. The maximum Gasteiger partial charge on any atom is 0.0400 e. The van der Waals surface area contributed by atoms with Gasteiger partial charge in [-0.3, -0.25) is 0 Å². The molecule has 2 aromatic carbocycles. The molecule has 0 spiro atoms. The summed E-state index contributed by atoms with van der Waals surface area (Å²) < 4.78 is 1.12. The van der Waals surface area contributed by atoms with E-state index in [1.54, 1.807) is 0 Å². The third kappa shape index (κ3) is 3.34. The average molecular weight is 290 g/mol. The molecule has 0 radical (unpaired) electrons. The fourth-order valence-electron chi connectivity index (χ4n) is 1.66.